The van der Waals surface area contributed by atoms with Gasteiger partial charge < -0.3 is 78.6 Å². The second-order valence-electron chi connectivity index (χ2n) is 15.2. The van der Waals surface area contributed by atoms with Crippen LogP contribution in [0.2, 0.25) is 0 Å². The fourth-order valence-electron chi connectivity index (χ4n) is 8.82. The molecule has 3 amide bonds. The van der Waals surface area contributed by atoms with Crippen molar-refractivity contribution in [3.8, 4) is 0 Å². The Bertz CT molecular complexity index is 1530. The number of aliphatic hydroxyl groups is 3. The summed E-state index contributed by atoms with van der Waals surface area (Å²) in [5, 5.41) is 39.4. The number of methoxy groups -OCH3 is 7. The number of hydrogen-bond acceptors (Lipinski definition) is 17. The van der Waals surface area contributed by atoms with Crippen LogP contribution in [-0.4, -0.2) is 201 Å². The van der Waals surface area contributed by atoms with Gasteiger partial charge in [0, 0.05) is 79.9 Å². The van der Waals surface area contributed by atoms with Gasteiger partial charge >= 0.3 is 5.97 Å². The van der Waals surface area contributed by atoms with E-state index in [2.05, 4.69) is 16.0 Å². The Labute approximate surface area is 356 Å². The van der Waals surface area contributed by atoms with E-state index in [1.165, 1.54) is 49.8 Å². The molecular weight excluding hydrogens is 806 g/mol. The highest BCUT2D eigenvalue weighted by atomic mass is 16.6. The van der Waals surface area contributed by atoms with Gasteiger partial charge in [-0.15, -0.1) is 0 Å². The third kappa shape index (κ3) is 11.6. The molecule has 61 heavy (non-hydrogen) atoms. The lowest BCUT2D eigenvalue weighted by molar-refractivity contribution is -0.227. The highest BCUT2D eigenvalue weighted by Crippen LogP contribution is 2.34. The lowest BCUT2D eigenvalue weighted by Crippen LogP contribution is -2.66. The highest BCUT2D eigenvalue weighted by molar-refractivity contribution is 5.88. The van der Waals surface area contributed by atoms with Crippen LogP contribution in [0.1, 0.15) is 18.9 Å². The second kappa shape index (κ2) is 24.5. The van der Waals surface area contributed by atoms with Crippen molar-refractivity contribution in [1.82, 2.24) is 16.0 Å². The van der Waals surface area contributed by atoms with Crippen LogP contribution < -0.4 is 16.0 Å². The van der Waals surface area contributed by atoms with Crippen molar-refractivity contribution in [3.63, 3.8) is 0 Å². The van der Waals surface area contributed by atoms with E-state index in [-0.39, 0.29) is 26.1 Å². The smallest absolute Gasteiger partial charge is 0.328 e. The predicted octanol–water partition coefficient (Wildman–Crippen LogP) is -2.25. The molecule has 20 heteroatoms. The molecule has 0 bridgehead atoms. The molecular formula is C41H65N3O17. The van der Waals surface area contributed by atoms with E-state index in [0.717, 1.165) is 5.56 Å². The third-order valence-electron chi connectivity index (χ3n) is 12.0. The molecule has 0 radical (unpaired) electrons. The molecule has 3 aliphatic heterocycles. The first-order valence-corrected chi connectivity index (χ1v) is 20.4. The molecule has 6 unspecified atom stereocenters. The normalized spacial score (nSPS) is 34.5. The number of rotatable bonds is 21. The van der Waals surface area contributed by atoms with Gasteiger partial charge in [0.1, 0.15) is 24.4 Å². The van der Waals surface area contributed by atoms with Crippen LogP contribution in [-0.2, 0) is 73.0 Å². The lowest BCUT2D eigenvalue weighted by Gasteiger charge is -2.46. The topological polar surface area (TPSA) is 257 Å². The van der Waals surface area contributed by atoms with Gasteiger partial charge in [0.25, 0.3) is 17.7 Å². The number of amides is 3. The average Bonchev–Trinajstić information content (AvgIpc) is 3.29. The zero-order valence-electron chi connectivity index (χ0n) is 36.1. The Morgan fingerprint density at radius 1 is 0.574 bits per heavy atom. The minimum absolute atomic E-state index is 0.128. The van der Waals surface area contributed by atoms with Crippen LogP contribution in [0.4, 0.5) is 0 Å². The van der Waals surface area contributed by atoms with E-state index < -0.39 is 134 Å². The molecule has 346 valence electrons. The van der Waals surface area contributed by atoms with E-state index in [1.54, 1.807) is 24.3 Å². The summed E-state index contributed by atoms with van der Waals surface area (Å²) >= 11 is 0. The first-order valence-electron chi connectivity index (χ1n) is 20.4. The van der Waals surface area contributed by atoms with Crippen molar-refractivity contribution in [2.75, 3.05) is 82.7 Å². The quantitative estimate of drug-likeness (QED) is 0.0714. The van der Waals surface area contributed by atoms with Gasteiger partial charge in [-0.2, -0.15) is 0 Å². The molecule has 20 nitrogen and oxygen atoms in total. The second-order valence-corrected chi connectivity index (χ2v) is 15.2. The van der Waals surface area contributed by atoms with Gasteiger partial charge in [-0.25, -0.2) is 4.79 Å². The maximum Gasteiger partial charge on any atom is 0.328 e. The zero-order chi connectivity index (χ0) is 44.8. The van der Waals surface area contributed by atoms with Crippen molar-refractivity contribution in [2.24, 2.45) is 17.8 Å². The Morgan fingerprint density at radius 3 is 1.31 bits per heavy atom. The highest BCUT2D eigenvalue weighted by Gasteiger charge is 2.53. The first kappa shape index (κ1) is 50.3. The Kier molecular flexibility index (Phi) is 20.2. The maximum atomic E-state index is 14.1. The fourth-order valence-corrected chi connectivity index (χ4v) is 8.82. The van der Waals surface area contributed by atoms with E-state index in [0.29, 0.717) is 6.42 Å². The summed E-state index contributed by atoms with van der Waals surface area (Å²) in [4.78, 5) is 54.5. The molecule has 3 aliphatic rings. The van der Waals surface area contributed by atoms with Crippen molar-refractivity contribution in [3.05, 3.63) is 35.9 Å². The Hall–Kier alpha value is -3.38. The lowest BCUT2D eigenvalue weighted by atomic mass is 9.84. The Morgan fingerprint density at radius 2 is 0.951 bits per heavy atom. The number of nitrogens with one attached hydrogen (secondary N) is 3. The molecule has 0 spiro atoms. The summed E-state index contributed by atoms with van der Waals surface area (Å²) in [7, 11) is 9.61. The van der Waals surface area contributed by atoms with E-state index in [4.69, 9.17) is 47.4 Å². The van der Waals surface area contributed by atoms with Gasteiger partial charge in [-0.1, -0.05) is 37.3 Å². The molecule has 4 rings (SSSR count). The Balaban J connectivity index is 1.51. The number of carbonyl (C=O) groups is 4. The van der Waals surface area contributed by atoms with Crippen LogP contribution in [0, 0.1) is 17.8 Å². The summed E-state index contributed by atoms with van der Waals surface area (Å²) in [5.41, 5.74) is 0.770. The summed E-state index contributed by atoms with van der Waals surface area (Å²) in [5.74, 6) is -4.62. The fraction of sp³-hybridized carbons (Fsp3) is 0.756. The first-order chi connectivity index (χ1) is 29.4. The number of aliphatic hydroxyl groups excluding tert-OH is 3. The predicted molar refractivity (Wildman–Crippen MR) is 213 cm³/mol. The number of esters is 1. The molecule has 3 fully saturated rings. The molecule has 6 N–H and O–H groups in total. The molecule has 0 aromatic heterocycles. The van der Waals surface area contributed by atoms with Crippen LogP contribution in [0.15, 0.2) is 30.3 Å². The van der Waals surface area contributed by atoms with Crippen molar-refractivity contribution >= 4 is 23.7 Å². The zero-order valence-corrected chi connectivity index (χ0v) is 36.1. The van der Waals surface area contributed by atoms with Crippen LogP contribution in [0.3, 0.4) is 0 Å². The minimum Gasteiger partial charge on any atom is -0.467 e. The number of carbonyl (C=O) groups excluding carboxylic acids is 4. The van der Waals surface area contributed by atoms with Crippen molar-refractivity contribution < 1.29 is 81.9 Å². The molecule has 1 aromatic rings. The SMILES string of the molecule is CC[C@H]1O[C@@H](C(=O)NC[C@H]2O[C@@H](C(=O)NC[C@H]3O[C@@H](C(=O)NC(Cc4ccccc4)C(=O)OC)C(OC)[C@@H](OC)C3CO)C(OC)[C@@H](OC)C2CO)C(OC)[C@@H](OC)[C@@H]1CO. The number of hydrogen-bond donors (Lipinski definition) is 6. The molecule has 0 saturated carbocycles. The van der Waals surface area contributed by atoms with Crippen LogP contribution >= 0.6 is 0 Å². The van der Waals surface area contributed by atoms with Crippen molar-refractivity contribution in [2.45, 2.75) is 99.1 Å². The van der Waals surface area contributed by atoms with Gasteiger partial charge in [0.05, 0.1) is 63.6 Å². The van der Waals surface area contributed by atoms with Gasteiger partial charge in [0.15, 0.2) is 18.3 Å². The molecule has 16 atom stereocenters. The summed E-state index contributed by atoms with van der Waals surface area (Å²) in [6, 6.07) is 7.96. The summed E-state index contributed by atoms with van der Waals surface area (Å²) in [6.45, 7) is 0.273. The average molecular weight is 872 g/mol. The summed E-state index contributed by atoms with van der Waals surface area (Å²) < 4.78 is 57.8. The molecule has 0 aliphatic carbocycles. The molecule has 3 heterocycles. The van der Waals surface area contributed by atoms with E-state index in [9.17, 15) is 34.5 Å². The van der Waals surface area contributed by atoms with Gasteiger partial charge in [-0.3, -0.25) is 14.4 Å². The van der Waals surface area contributed by atoms with Crippen LogP contribution in [0.5, 0.6) is 0 Å². The van der Waals surface area contributed by atoms with Crippen LogP contribution in [0.25, 0.3) is 0 Å². The standard InChI is InChI=1S/C41H65N3O17/c1-9-26-22(18-45)29(52-2)32(55-5)35(59-26)38(48)42-16-27-23(19-46)30(53-3)33(56-6)36(60-27)39(49)43-17-28-24(20-47)31(54-4)34(57-7)37(61-28)40(50)44-25(41(51)58-8)15-21-13-11-10-12-14-21/h10-14,22-37,45-47H,9,15-20H2,1-8H3,(H,42,48)(H,43,49)(H,44,50)/t22-,23?,24?,25?,26-,27-,28-,29+,30+,31+,32?,33?,34?,35-,36-,37-/m1/s1. The van der Waals surface area contributed by atoms with E-state index >= 15 is 0 Å². The minimum atomic E-state index is -1.36. The molecule has 3 saturated heterocycles. The number of benzene rings is 1. The van der Waals surface area contributed by atoms with Gasteiger partial charge in [-0.05, 0) is 12.0 Å². The largest absolute Gasteiger partial charge is 0.467 e. The van der Waals surface area contributed by atoms with Gasteiger partial charge in [0.2, 0.25) is 0 Å². The monoisotopic (exact) mass is 871 g/mol. The number of ether oxygens (including phenoxy) is 10. The van der Waals surface area contributed by atoms with Crippen molar-refractivity contribution in [1.29, 1.82) is 0 Å². The molecule has 1 aromatic carbocycles. The summed E-state index contributed by atoms with van der Waals surface area (Å²) in [6.07, 6.45) is -11.0. The maximum absolute atomic E-state index is 14.1. The third-order valence-corrected chi connectivity index (χ3v) is 12.0. The van der Waals surface area contributed by atoms with E-state index in [1.807, 2.05) is 13.0 Å².